The predicted molar refractivity (Wildman–Crippen MR) is 75.2 cm³/mol. The molecule has 3 rings (SSSR count). The number of rotatable bonds is 2. The van der Waals surface area contributed by atoms with Gasteiger partial charge in [-0.15, -0.1) is 0 Å². The molecule has 1 aromatic heterocycles. The fourth-order valence-electron chi connectivity index (χ4n) is 2.13. The van der Waals surface area contributed by atoms with E-state index in [4.69, 9.17) is 0 Å². The van der Waals surface area contributed by atoms with Crippen molar-refractivity contribution in [3.63, 3.8) is 0 Å². The monoisotopic (exact) mass is 260 g/mol. The minimum Gasteiger partial charge on any atom is -0.344 e. The second kappa shape index (κ2) is 5.04. The van der Waals surface area contributed by atoms with Crippen molar-refractivity contribution in [3.05, 3.63) is 29.8 Å². The molecule has 0 unspecified atom stereocenters. The highest BCUT2D eigenvalue weighted by atomic mass is 32.1. The van der Waals surface area contributed by atoms with E-state index in [1.807, 2.05) is 12.1 Å². The highest BCUT2D eigenvalue weighted by Gasteiger charge is 2.16. The van der Waals surface area contributed by atoms with Gasteiger partial charge in [0.2, 0.25) is 5.13 Å². The van der Waals surface area contributed by atoms with Gasteiger partial charge < -0.3 is 10.2 Å². The van der Waals surface area contributed by atoms with Gasteiger partial charge in [0.1, 0.15) is 0 Å². The number of anilines is 1. The maximum absolute atomic E-state index is 4.67. The van der Waals surface area contributed by atoms with E-state index >= 15 is 0 Å². The summed E-state index contributed by atoms with van der Waals surface area (Å²) in [6, 6.07) is 8.26. The molecule has 0 amide bonds. The molecule has 0 radical (unpaired) electrons. The van der Waals surface area contributed by atoms with Crippen molar-refractivity contribution in [2.75, 3.05) is 31.1 Å². The van der Waals surface area contributed by atoms with Gasteiger partial charge in [0.05, 0.1) is 0 Å². The normalized spacial score (nSPS) is 15.9. The summed E-state index contributed by atoms with van der Waals surface area (Å²) in [5.41, 5.74) is 2.36. The van der Waals surface area contributed by atoms with Crippen LogP contribution in [0.5, 0.6) is 0 Å². The van der Waals surface area contributed by atoms with Crippen molar-refractivity contribution in [3.8, 4) is 11.4 Å². The second-order valence-corrected chi connectivity index (χ2v) is 5.18. The molecule has 2 aromatic rings. The first-order valence-corrected chi connectivity index (χ1v) is 6.97. The molecule has 0 spiro atoms. The second-order valence-electron chi connectivity index (χ2n) is 4.45. The Labute approximate surface area is 111 Å². The van der Waals surface area contributed by atoms with Gasteiger partial charge in [-0.25, -0.2) is 0 Å². The van der Waals surface area contributed by atoms with Gasteiger partial charge in [0.25, 0.3) is 0 Å². The first-order valence-electron chi connectivity index (χ1n) is 6.20. The van der Waals surface area contributed by atoms with Crippen molar-refractivity contribution in [2.24, 2.45) is 0 Å². The quantitative estimate of drug-likeness (QED) is 0.895. The summed E-state index contributed by atoms with van der Waals surface area (Å²) in [7, 11) is 0. The van der Waals surface area contributed by atoms with Crippen molar-refractivity contribution in [1.29, 1.82) is 0 Å². The largest absolute Gasteiger partial charge is 0.344 e. The van der Waals surface area contributed by atoms with Crippen LogP contribution in [-0.4, -0.2) is 35.5 Å². The zero-order valence-corrected chi connectivity index (χ0v) is 11.2. The number of piperazine rings is 1. The third kappa shape index (κ3) is 2.23. The summed E-state index contributed by atoms with van der Waals surface area (Å²) < 4.78 is 4.49. The lowest BCUT2D eigenvalue weighted by atomic mass is 10.1. The van der Waals surface area contributed by atoms with E-state index in [0.29, 0.717) is 0 Å². The number of hydrogen-bond donors (Lipinski definition) is 1. The van der Waals surface area contributed by atoms with E-state index in [1.165, 1.54) is 17.1 Å². The average molecular weight is 260 g/mol. The van der Waals surface area contributed by atoms with Gasteiger partial charge in [0, 0.05) is 43.3 Å². The van der Waals surface area contributed by atoms with Gasteiger partial charge >= 0.3 is 0 Å². The molecule has 1 N–H and O–H groups in total. The standard InChI is InChI=1S/C13H16N4S/c1-10-4-2-3-5-11(10)12-15-13(18-16-12)17-8-6-14-7-9-17/h2-5,14H,6-9H2,1H3. The summed E-state index contributed by atoms with van der Waals surface area (Å²) >= 11 is 1.50. The maximum Gasteiger partial charge on any atom is 0.205 e. The van der Waals surface area contributed by atoms with Gasteiger partial charge in [-0.1, -0.05) is 24.3 Å². The summed E-state index contributed by atoms with van der Waals surface area (Å²) in [6.45, 7) is 6.18. The van der Waals surface area contributed by atoms with Crippen molar-refractivity contribution >= 4 is 16.7 Å². The maximum atomic E-state index is 4.67. The number of aryl methyl sites for hydroxylation is 1. The van der Waals surface area contributed by atoms with Gasteiger partial charge in [-0.2, -0.15) is 9.36 Å². The highest BCUT2D eigenvalue weighted by Crippen LogP contribution is 2.26. The molecule has 5 heteroatoms. The number of nitrogens with one attached hydrogen (secondary N) is 1. The SMILES string of the molecule is Cc1ccccc1-c1nsc(N2CCNCC2)n1. The topological polar surface area (TPSA) is 41.1 Å². The van der Waals surface area contributed by atoms with Crippen molar-refractivity contribution < 1.29 is 0 Å². The Morgan fingerprint density at radius 2 is 2.00 bits per heavy atom. The van der Waals surface area contributed by atoms with Gasteiger partial charge in [-0.05, 0) is 12.5 Å². The van der Waals surface area contributed by atoms with E-state index in [2.05, 4.69) is 38.6 Å². The molecule has 1 fully saturated rings. The molecule has 0 aliphatic carbocycles. The van der Waals surface area contributed by atoms with E-state index in [9.17, 15) is 0 Å². The van der Waals surface area contributed by atoms with E-state index in [1.54, 1.807) is 0 Å². The first-order chi connectivity index (χ1) is 8.84. The van der Waals surface area contributed by atoms with E-state index < -0.39 is 0 Å². The molecule has 1 saturated heterocycles. The Kier molecular flexibility index (Phi) is 3.25. The minimum atomic E-state index is 0.853. The Morgan fingerprint density at radius 3 is 2.78 bits per heavy atom. The molecule has 18 heavy (non-hydrogen) atoms. The van der Waals surface area contributed by atoms with Crippen LogP contribution in [0.3, 0.4) is 0 Å². The first kappa shape index (κ1) is 11.6. The Morgan fingerprint density at radius 1 is 1.22 bits per heavy atom. The summed E-state index contributed by atoms with van der Waals surface area (Å²) in [4.78, 5) is 6.97. The van der Waals surface area contributed by atoms with Gasteiger partial charge in [-0.3, -0.25) is 0 Å². The summed E-state index contributed by atoms with van der Waals surface area (Å²) in [6.07, 6.45) is 0. The van der Waals surface area contributed by atoms with E-state index in [0.717, 1.165) is 42.7 Å². The van der Waals surface area contributed by atoms with Gasteiger partial charge in [0.15, 0.2) is 5.82 Å². The molecular formula is C13H16N4S. The molecule has 1 aliphatic rings. The molecule has 2 heterocycles. The van der Waals surface area contributed by atoms with Crippen LogP contribution >= 0.6 is 11.5 Å². The van der Waals surface area contributed by atoms with Crippen LogP contribution in [0.2, 0.25) is 0 Å². The Bertz CT molecular complexity index is 531. The van der Waals surface area contributed by atoms with Crippen LogP contribution in [0.25, 0.3) is 11.4 Å². The average Bonchev–Trinajstić information content (AvgIpc) is 2.90. The third-order valence-electron chi connectivity index (χ3n) is 3.19. The van der Waals surface area contributed by atoms with Crippen LogP contribution in [0.15, 0.2) is 24.3 Å². The molecule has 0 bridgehead atoms. The summed E-state index contributed by atoms with van der Waals surface area (Å²) in [5, 5.41) is 4.38. The van der Waals surface area contributed by atoms with Crippen LogP contribution in [0.4, 0.5) is 5.13 Å². The molecule has 0 saturated carbocycles. The molecule has 94 valence electrons. The lowest BCUT2D eigenvalue weighted by molar-refractivity contribution is 0.588. The minimum absolute atomic E-state index is 0.853. The van der Waals surface area contributed by atoms with Crippen LogP contribution < -0.4 is 10.2 Å². The number of nitrogens with zero attached hydrogens (tertiary/aromatic N) is 3. The fourth-order valence-corrected chi connectivity index (χ4v) is 2.87. The highest BCUT2D eigenvalue weighted by molar-refractivity contribution is 7.09. The molecule has 1 aliphatic heterocycles. The van der Waals surface area contributed by atoms with Crippen LogP contribution in [0.1, 0.15) is 5.56 Å². The molecular weight excluding hydrogens is 244 g/mol. The molecule has 1 aromatic carbocycles. The number of hydrogen-bond acceptors (Lipinski definition) is 5. The Hall–Kier alpha value is -1.46. The molecule has 0 atom stereocenters. The third-order valence-corrected chi connectivity index (χ3v) is 3.97. The lowest BCUT2D eigenvalue weighted by Crippen LogP contribution is -2.43. The zero-order chi connectivity index (χ0) is 12.4. The summed E-state index contributed by atoms with van der Waals surface area (Å²) in [5.74, 6) is 0.853. The predicted octanol–water partition coefficient (Wildman–Crippen LogP) is 1.92. The smallest absolute Gasteiger partial charge is 0.205 e. The van der Waals surface area contributed by atoms with Crippen molar-refractivity contribution in [1.82, 2.24) is 14.7 Å². The van der Waals surface area contributed by atoms with Crippen LogP contribution in [-0.2, 0) is 0 Å². The number of benzene rings is 1. The lowest BCUT2D eigenvalue weighted by Gasteiger charge is -2.26. The molecule has 4 nitrogen and oxygen atoms in total. The van der Waals surface area contributed by atoms with Crippen molar-refractivity contribution in [2.45, 2.75) is 6.92 Å². The fraction of sp³-hybridized carbons (Fsp3) is 0.385. The zero-order valence-electron chi connectivity index (χ0n) is 10.4. The Balaban J connectivity index is 1.87. The number of aromatic nitrogens is 2. The van der Waals surface area contributed by atoms with Crippen LogP contribution in [0, 0.1) is 6.92 Å². The van der Waals surface area contributed by atoms with E-state index in [-0.39, 0.29) is 0 Å².